The predicted molar refractivity (Wildman–Crippen MR) is 56.3 cm³/mol. The fraction of sp³-hybridized carbons (Fsp3) is 0.583. The average molecular weight is 191 g/mol. The second-order valence-electron chi connectivity index (χ2n) is 4.12. The van der Waals surface area contributed by atoms with Crippen LogP contribution >= 0.6 is 0 Å². The summed E-state index contributed by atoms with van der Waals surface area (Å²) in [5.41, 5.74) is 0. The van der Waals surface area contributed by atoms with Crippen LogP contribution in [0, 0.1) is 5.92 Å². The summed E-state index contributed by atoms with van der Waals surface area (Å²) in [4.78, 5) is 12.0. The third kappa shape index (κ3) is 2.06. The van der Waals surface area contributed by atoms with Crippen LogP contribution < -0.4 is 0 Å². The van der Waals surface area contributed by atoms with E-state index in [9.17, 15) is 4.79 Å². The zero-order valence-corrected chi connectivity index (χ0v) is 8.48. The van der Waals surface area contributed by atoms with Crippen LogP contribution in [0.25, 0.3) is 0 Å². The molecule has 14 heavy (non-hydrogen) atoms. The van der Waals surface area contributed by atoms with Crippen molar-refractivity contribution >= 4 is 5.91 Å². The van der Waals surface area contributed by atoms with Gasteiger partial charge in [-0.05, 0) is 25.0 Å². The van der Waals surface area contributed by atoms with Gasteiger partial charge in [0.05, 0.1) is 0 Å². The second kappa shape index (κ2) is 4.45. The van der Waals surface area contributed by atoms with E-state index in [0.29, 0.717) is 0 Å². The van der Waals surface area contributed by atoms with E-state index < -0.39 is 0 Å². The SMILES string of the molecule is O=C(C1CCCCCC1)n1cccc1. The first-order valence-electron chi connectivity index (χ1n) is 5.55. The summed E-state index contributed by atoms with van der Waals surface area (Å²) < 4.78 is 1.73. The van der Waals surface area contributed by atoms with Crippen molar-refractivity contribution in [2.45, 2.75) is 38.5 Å². The van der Waals surface area contributed by atoms with Crippen LogP contribution in [-0.2, 0) is 0 Å². The Balaban J connectivity index is 2.03. The lowest BCUT2D eigenvalue weighted by Gasteiger charge is -2.12. The van der Waals surface area contributed by atoms with Gasteiger partial charge in [-0.15, -0.1) is 0 Å². The Labute approximate surface area is 84.9 Å². The largest absolute Gasteiger partial charge is 0.294 e. The van der Waals surface area contributed by atoms with Gasteiger partial charge in [0.25, 0.3) is 0 Å². The molecule has 1 saturated carbocycles. The maximum atomic E-state index is 12.0. The highest BCUT2D eigenvalue weighted by Gasteiger charge is 2.20. The molecule has 2 nitrogen and oxygen atoms in total. The normalized spacial score (nSPS) is 19.1. The van der Waals surface area contributed by atoms with E-state index in [1.54, 1.807) is 4.57 Å². The summed E-state index contributed by atoms with van der Waals surface area (Å²) in [5, 5.41) is 0. The minimum absolute atomic E-state index is 0.268. The third-order valence-corrected chi connectivity index (χ3v) is 3.06. The van der Waals surface area contributed by atoms with Gasteiger partial charge in [-0.3, -0.25) is 9.36 Å². The van der Waals surface area contributed by atoms with Gasteiger partial charge in [0.15, 0.2) is 0 Å². The summed E-state index contributed by atoms with van der Waals surface area (Å²) in [5.74, 6) is 0.557. The summed E-state index contributed by atoms with van der Waals surface area (Å²) in [6, 6.07) is 3.82. The molecule has 0 N–H and O–H groups in total. The number of hydrogen-bond donors (Lipinski definition) is 0. The Kier molecular flexibility index (Phi) is 3.02. The Morgan fingerprint density at radius 2 is 1.57 bits per heavy atom. The van der Waals surface area contributed by atoms with Gasteiger partial charge < -0.3 is 0 Å². The molecule has 0 aliphatic heterocycles. The van der Waals surface area contributed by atoms with Crippen molar-refractivity contribution in [3.63, 3.8) is 0 Å². The van der Waals surface area contributed by atoms with E-state index in [2.05, 4.69) is 0 Å². The highest BCUT2D eigenvalue weighted by atomic mass is 16.2. The van der Waals surface area contributed by atoms with Crippen molar-refractivity contribution in [2.75, 3.05) is 0 Å². The molecule has 0 unspecified atom stereocenters. The first-order chi connectivity index (χ1) is 6.88. The highest BCUT2D eigenvalue weighted by molar-refractivity contribution is 5.81. The molecule has 0 radical (unpaired) electrons. The number of hydrogen-bond acceptors (Lipinski definition) is 1. The molecule has 0 atom stereocenters. The van der Waals surface area contributed by atoms with E-state index in [1.807, 2.05) is 24.5 Å². The maximum Gasteiger partial charge on any atom is 0.233 e. The highest BCUT2D eigenvalue weighted by Crippen LogP contribution is 2.24. The third-order valence-electron chi connectivity index (χ3n) is 3.06. The number of carbonyl (C=O) groups excluding carboxylic acids is 1. The van der Waals surface area contributed by atoms with Crippen molar-refractivity contribution in [3.8, 4) is 0 Å². The number of nitrogens with zero attached hydrogens (tertiary/aromatic N) is 1. The van der Waals surface area contributed by atoms with Gasteiger partial charge >= 0.3 is 0 Å². The van der Waals surface area contributed by atoms with Gasteiger partial charge in [0, 0.05) is 18.3 Å². The van der Waals surface area contributed by atoms with Crippen molar-refractivity contribution in [3.05, 3.63) is 24.5 Å². The van der Waals surface area contributed by atoms with Crippen molar-refractivity contribution < 1.29 is 4.79 Å². The fourth-order valence-corrected chi connectivity index (χ4v) is 2.22. The van der Waals surface area contributed by atoms with Crippen molar-refractivity contribution in [2.24, 2.45) is 5.92 Å². The lowest BCUT2D eigenvalue weighted by atomic mass is 9.99. The Morgan fingerprint density at radius 3 is 2.14 bits per heavy atom. The molecular weight excluding hydrogens is 174 g/mol. The molecule has 0 aromatic carbocycles. The Hall–Kier alpha value is -1.05. The smallest absolute Gasteiger partial charge is 0.233 e. The van der Waals surface area contributed by atoms with E-state index >= 15 is 0 Å². The molecule has 1 aromatic heterocycles. The molecule has 1 fully saturated rings. The number of aromatic nitrogens is 1. The molecule has 1 aliphatic carbocycles. The first kappa shape index (κ1) is 9.50. The second-order valence-corrected chi connectivity index (χ2v) is 4.12. The molecule has 0 amide bonds. The molecule has 0 bridgehead atoms. The minimum atomic E-state index is 0.268. The zero-order chi connectivity index (χ0) is 9.80. The number of carbonyl (C=O) groups is 1. The lowest BCUT2D eigenvalue weighted by molar-refractivity contribution is 0.0821. The number of rotatable bonds is 1. The molecule has 1 heterocycles. The summed E-state index contributed by atoms with van der Waals surface area (Å²) in [6.07, 6.45) is 10.9. The van der Waals surface area contributed by atoms with E-state index in [0.717, 1.165) is 12.8 Å². The van der Waals surface area contributed by atoms with Crippen LogP contribution in [0.5, 0.6) is 0 Å². The Morgan fingerprint density at radius 1 is 1.00 bits per heavy atom. The van der Waals surface area contributed by atoms with E-state index in [4.69, 9.17) is 0 Å². The Bertz CT molecular complexity index is 281. The molecule has 0 saturated heterocycles. The predicted octanol–water partition coefficient (Wildman–Crippen LogP) is 3.10. The van der Waals surface area contributed by atoms with Crippen LogP contribution in [0.15, 0.2) is 24.5 Å². The zero-order valence-electron chi connectivity index (χ0n) is 8.48. The quantitative estimate of drug-likeness (QED) is 0.625. The molecule has 1 aromatic rings. The molecule has 76 valence electrons. The van der Waals surface area contributed by atoms with Gasteiger partial charge in [0.1, 0.15) is 0 Å². The van der Waals surface area contributed by atoms with Crippen LogP contribution in [0.3, 0.4) is 0 Å². The monoisotopic (exact) mass is 191 g/mol. The first-order valence-corrected chi connectivity index (χ1v) is 5.55. The van der Waals surface area contributed by atoms with Crippen LogP contribution in [-0.4, -0.2) is 10.5 Å². The molecule has 2 heteroatoms. The molecular formula is C12H17NO. The summed E-state index contributed by atoms with van der Waals surface area (Å²) in [6.45, 7) is 0. The van der Waals surface area contributed by atoms with E-state index in [-0.39, 0.29) is 11.8 Å². The van der Waals surface area contributed by atoms with Crippen LogP contribution in [0.1, 0.15) is 43.3 Å². The minimum Gasteiger partial charge on any atom is -0.294 e. The summed E-state index contributed by atoms with van der Waals surface area (Å²) in [7, 11) is 0. The van der Waals surface area contributed by atoms with Gasteiger partial charge in [-0.1, -0.05) is 25.7 Å². The molecule has 0 spiro atoms. The maximum absolute atomic E-state index is 12.0. The standard InChI is InChI=1S/C12H17NO/c14-12(13-9-5-6-10-13)11-7-3-1-2-4-8-11/h5-6,9-11H,1-4,7-8H2. The van der Waals surface area contributed by atoms with Crippen LogP contribution in [0.4, 0.5) is 0 Å². The van der Waals surface area contributed by atoms with Crippen molar-refractivity contribution in [1.29, 1.82) is 0 Å². The average Bonchev–Trinajstić information content (AvgIpc) is 2.59. The fourth-order valence-electron chi connectivity index (χ4n) is 2.22. The van der Waals surface area contributed by atoms with Crippen LogP contribution in [0.2, 0.25) is 0 Å². The topological polar surface area (TPSA) is 22.0 Å². The summed E-state index contributed by atoms with van der Waals surface area (Å²) >= 11 is 0. The van der Waals surface area contributed by atoms with Gasteiger partial charge in [-0.2, -0.15) is 0 Å². The van der Waals surface area contributed by atoms with E-state index in [1.165, 1.54) is 25.7 Å². The molecule has 2 rings (SSSR count). The van der Waals surface area contributed by atoms with Gasteiger partial charge in [0.2, 0.25) is 5.91 Å². The van der Waals surface area contributed by atoms with Crippen molar-refractivity contribution in [1.82, 2.24) is 4.57 Å². The van der Waals surface area contributed by atoms with Gasteiger partial charge in [-0.25, -0.2) is 0 Å². The molecule has 1 aliphatic rings. The lowest BCUT2D eigenvalue weighted by Crippen LogP contribution is -2.19.